The number of nitrogens with zero attached hydrogens (tertiary/aromatic N) is 1. The number of hydrogen-bond acceptors (Lipinski definition) is 5. The molecule has 0 bridgehead atoms. The summed E-state index contributed by atoms with van der Waals surface area (Å²) in [7, 11) is 3.20. The summed E-state index contributed by atoms with van der Waals surface area (Å²) in [5.74, 6) is 0. The number of isocyanates is 2. The fourth-order valence-corrected chi connectivity index (χ4v) is 0. The zero-order valence-electron chi connectivity index (χ0n) is 6.75. The van der Waals surface area contributed by atoms with Crippen molar-refractivity contribution in [3.8, 4) is 0 Å². The van der Waals surface area contributed by atoms with Crippen LogP contribution in [0.5, 0.6) is 0 Å². The summed E-state index contributed by atoms with van der Waals surface area (Å²) >= 11 is 0. The summed E-state index contributed by atoms with van der Waals surface area (Å²) in [6.45, 7) is 0. The number of primary amides is 1. The zero-order chi connectivity index (χ0) is 10.6. The van der Waals surface area contributed by atoms with Crippen LogP contribution in [0.3, 0.4) is 0 Å². The molecule has 0 rings (SSSR count). The maximum atomic E-state index is 9.85. The van der Waals surface area contributed by atoms with E-state index < -0.39 is 6.03 Å². The lowest BCUT2D eigenvalue weighted by Gasteiger charge is -2.01. The summed E-state index contributed by atoms with van der Waals surface area (Å²) in [6, 6.07) is -0.407. The van der Waals surface area contributed by atoms with Crippen molar-refractivity contribution < 1.29 is 14.4 Å². The molecule has 0 saturated carbocycles. The van der Waals surface area contributed by atoms with Gasteiger partial charge in [-0.3, -0.25) is 0 Å². The van der Waals surface area contributed by atoms with Crippen LogP contribution in [0, 0.1) is 10.8 Å². The molecule has 0 aliphatic heterocycles. The largest absolute Gasteiger partial charge is 0.352 e. The Morgan fingerprint density at radius 3 is 1.33 bits per heavy atom. The molecule has 0 aliphatic rings. The van der Waals surface area contributed by atoms with E-state index in [-0.39, 0.29) is 0 Å². The third-order valence-corrected chi connectivity index (χ3v) is 0.441. The first kappa shape index (κ1) is 16.5. The SMILES string of the molecule is CN(C)C(N)=O.N=C=O.N=C=O. The normalized spacial score (nSPS) is 5.17. The average Bonchev–Trinajstić information content (AvgIpc) is 1.90. The summed E-state index contributed by atoms with van der Waals surface area (Å²) in [5.41, 5.74) is 4.72. The fraction of sp³-hybridized carbons (Fsp3) is 0.400. The average molecular weight is 174 g/mol. The second kappa shape index (κ2) is 16.0. The number of carbonyl (C=O) groups excluding carboxylic acids is 3. The van der Waals surface area contributed by atoms with Crippen LogP contribution < -0.4 is 5.73 Å². The minimum atomic E-state index is -0.407. The molecule has 12 heavy (non-hydrogen) atoms. The van der Waals surface area contributed by atoms with Gasteiger partial charge >= 0.3 is 6.03 Å². The van der Waals surface area contributed by atoms with E-state index in [1.54, 1.807) is 14.1 Å². The highest BCUT2D eigenvalue weighted by Crippen LogP contribution is 1.65. The van der Waals surface area contributed by atoms with E-state index in [4.69, 9.17) is 26.1 Å². The van der Waals surface area contributed by atoms with E-state index in [2.05, 4.69) is 0 Å². The lowest BCUT2D eigenvalue weighted by Crippen LogP contribution is -2.27. The van der Waals surface area contributed by atoms with Crippen LogP contribution in [0.1, 0.15) is 0 Å². The standard InChI is InChI=1S/C3H8N2O.2CHNO/c1-5(2)3(4)6;2*2-1-3/h1-2H3,(H2,4,6);2*2H. The van der Waals surface area contributed by atoms with Gasteiger partial charge in [-0.25, -0.2) is 25.2 Å². The molecule has 7 nitrogen and oxygen atoms in total. The molecule has 0 atom stereocenters. The van der Waals surface area contributed by atoms with E-state index in [1.165, 1.54) is 4.90 Å². The molecule has 0 aromatic heterocycles. The molecule has 0 aromatic rings. The maximum absolute atomic E-state index is 9.85. The maximum Gasteiger partial charge on any atom is 0.314 e. The lowest BCUT2D eigenvalue weighted by molar-refractivity contribution is 0.227. The van der Waals surface area contributed by atoms with E-state index in [0.29, 0.717) is 0 Å². The highest BCUT2D eigenvalue weighted by Gasteiger charge is 1.88. The molecule has 0 heterocycles. The van der Waals surface area contributed by atoms with Gasteiger partial charge < -0.3 is 10.6 Å². The Kier molecular flexibility index (Phi) is 22.1. The number of nitrogens with two attached hydrogens (primary N) is 1. The minimum absolute atomic E-state index is 0.407. The third kappa shape index (κ3) is 96.3. The minimum Gasteiger partial charge on any atom is -0.352 e. The van der Waals surface area contributed by atoms with Crippen molar-refractivity contribution in [3.63, 3.8) is 0 Å². The molecule has 0 aromatic carbocycles. The van der Waals surface area contributed by atoms with Crippen molar-refractivity contribution in [2.24, 2.45) is 5.73 Å². The lowest BCUT2D eigenvalue weighted by atomic mass is 10.9. The molecule has 2 amide bonds. The monoisotopic (exact) mass is 174 g/mol. The molecule has 7 heteroatoms. The predicted octanol–water partition coefficient (Wildman–Crippen LogP) is -0.571. The number of carbonyl (C=O) groups is 1. The molecule has 4 N–H and O–H groups in total. The molecular weight excluding hydrogens is 164 g/mol. The zero-order valence-corrected chi connectivity index (χ0v) is 6.75. The quantitative estimate of drug-likeness (QED) is 0.336. The Labute approximate surface area is 69.2 Å². The molecule has 0 saturated heterocycles. The van der Waals surface area contributed by atoms with Crippen LogP contribution in [-0.2, 0) is 9.59 Å². The molecule has 0 spiro atoms. The first-order valence-electron chi connectivity index (χ1n) is 2.52. The third-order valence-electron chi connectivity index (χ3n) is 0.441. The molecule has 0 unspecified atom stereocenters. The van der Waals surface area contributed by atoms with Crippen LogP contribution in [0.4, 0.5) is 4.79 Å². The van der Waals surface area contributed by atoms with Gasteiger partial charge in [-0.05, 0) is 0 Å². The Morgan fingerprint density at radius 1 is 1.25 bits per heavy atom. The van der Waals surface area contributed by atoms with Crippen molar-refractivity contribution in [2.45, 2.75) is 0 Å². The highest BCUT2D eigenvalue weighted by molar-refractivity contribution is 5.71. The van der Waals surface area contributed by atoms with Gasteiger partial charge in [0, 0.05) is 14.1 Å². The van der Waals surface area contributed by atoms with Crippen LogP contribution in [-0.4, -0.2) is 37.2 Å². The van der Waals surface area contributed by atoms with Gasteiger partial charge in [-0.2, -0.15) is 0 Å². The number of urea groups is 1. The van der Waals surface area contributed by atoms with Crippen molar-refractivity contribution >= 4 is 18.2 Å². The van der Waals surface area contributed by atoms with Gasteiger partial charge in [0.25, 0.3) is 0 Å². The summed E-state index contributed by atoms with van der Waals surface area (Å²) in [6.07, 6.45) is 1.50. The van der Waals surface area contributed by atoms with Crippen molar-refractivity contribution in [2.75, 3.05) is 14.1 Å². The molecule has 0 aliphatic carbocycles. The van der Waals surface area contributed by atoms with Gasteiger partial charge in [-0.15, -0.1) is 0 Å². The summed E-state index contributed by atoms with van der Waals surface area (Å²) in [4.78, 5) is 27.8. The summed E-state index contributed by atoms with van der Waals surface area (Å²) in [5, 5.41) is 10.8. The van der Waals surface area contributed by atoms with Gasteiger partial charge in [-0.1, -0.05) is 0 Å². The second-order valence-electron chi connectivity index (χ2n) is 1.44. The number of amides is 2. The Morgan fingerprint density at radius 2 is 1.33 bits per heavy atom. The van der Waals surface area contributed by atoms with Crippen molar-refractivity contribution in [1.29, 1.82) is 10.8 Å². The first-order valence-corrected chi connectivity index (χ1v) is 2.52. The predicted molar refractivity (Wildman–Crippen MR) is 40.1 cm³/mol. The summed E-state index contributed by atoms with van der Waals surface area (Å²) < 4.78 is 0. The number of rotatable bonds is 0. The van der Waals surface area contributed by atoms with Crippen LogP contribution in [0.2, 0.25) is 0 Å². The molecule has 0 fully saturated rings. The molecular formula is C5H10N4O3. The van der Waals surface area contributed by atoms with Crippen molar-refractivity contribution in [1.82, 2.24) is 4.90 Å². The van der Waals surface area contributed by atoms with Gasteiger partial charge in [0.1, 0.15) is 0 Å². The van der Waals surface area contributed by atoms with E-state index in [1.807, 2.05) is 0 Å². The van der Waals surface area contributed by atoms with Gasteiger partial charge in [0.15, 0.2) is 0 Å². The van der Waals surface area contributed by atoms with Crippen molar-refractivity contribution in [3.05, 3.63) is 0 Å². The topological polar surface area (TPSA) is 128 Å². The Hall–Kier alpha value is -1.97. The van der Waals surface area contributed by atoms with Crippen LogP contribution in [0.15, 0.2) is 0 Å². The van der Waals surface area contributed by atoms with Crippen LogP contribution in [0.25, 0.3) is 0 Å². The smallest absolute Gasteiger partial charge is 0.314 e. The Balaban J connectivity index is -0.000000115. The molecule has 68 valence electrons. The number of hydrogen-bond donors (Lipinski definition) is 3. The van der Waals surface area contributed by atoms with Gasteiger partial charge in [0.05, 0.1) is 0 Å². The van der Waals surface area contributed by atoms with Gasteiger partial charge in [0.2, 0.25) is 12.2 Å². The first-order chi connectivity index (χ1) is 5.47. The second-order valence-corrected chi connectivity index (χ2v) is 1.44. The highest BCUT2D eigenvalue weighted by atomic mass is 16.2. The van der Waals surface area contributed by atoms with E-state index >= 15 is 0 Å². The van der Waals surface area contributed by atoms with Crippen LogP contribution >= 0.6 is 0 Å². The Bertz CT molecular complexity index is 165. The van der Waals surface area contributed by atoms with E-state index in [9.17, 15) is 4.79 Å². The van der Waals surface area contributed by atoms with E-state index in [0.717, 1.165) is 12.2 Å². The fourth-order valence-electron chi connectivity index (χ4n) is 0. The number of nitrogens with one attached hydrogen (secondary N) is 2. The molecule has 0 radical (unpaired) electrons.